The number of carbonyl (C=O) groups is 3. The third-order valence-corrected chi connectivity index (χ3v) is 11.6. The normalized spacial score (nSPS) is 17.8. The number of alkyl halides is 12. The van der Waals surface area contributed by atoms with Gasteiger partial charge in [0.05, 0.1) is 0 Å². The fourth-order valence-corrected chi connectivity index (χ4v) is 8.16. The summed E-state index contributed by atoms with van der Waals surface area (Å²) in [5.41, 5.74) is 2.02. The highest BCUT2D eigenvalue weighted by molar-refractivity contribution is 6.61. The highest BCUT2D eigenvalue weighted by Crippen LogP contribution is 2.38. The van der Waals surface area contributed by atoms with Gasteiger partial charge in [-0.15, -0.1) is 0 Å². The van der Waals surface area contributed by atoms with Crippen molar-refractivity contribution in [3.05, 3.63) is 57.6 Å². The molecule has 0 saturated carbocycles. The average molecular weight is 1080 g/mol. The minimum Gasteiger partial charge on any atom is -0.444 e. The lowest BCUT2D eigenvalue weighted by Crippen LogP contribution is -2.52. The van der Waals surface area contributed by atoms with E-state index in [1.165, 1.54) is 24.1 Å². The second kappa shape index (κ2) is 24.6. The largest absolute Gasteiger partial charge is 0.444 e. The number of amides is 2. The Labute approximate surface area is 411 Å². The molecule has 6 rings (SSSR count). The van der Waals surface area contributed by atoms with E-state index in [9.17, 15) is 67.1 Å². The highest BCUT2D eigenvalue weighted by Gasteiger charge is 2.61. The smallest absolute Gasteiger partial charge is 0.434 e. The van der Waals surface area contributed by atoms with Crippen molar-refractivity contribution in [3.63, 3.8) is 0 Å². The van der Waals surface area contributed by atoms with Crippen molar-refractivity contribution in [1.29, 1.82) is 0 Å². The maximum absolute atomic E-state index is 12.6. The Morgan fingerprint density at radius 2 is 0.843 bits per heavy atom. The summed E-state index contributed by atoms with van der Waals surface area (Å²) < 4.78 is 157. The van der Waals surface area contributed by atoms with Crippen molar-refractivity contribution in [1.82, 2.24) is 19.6 Å². The van der Waals surface area contributed by atoms with Crippen LogP contribution in [0.4, 0.5) is 78.4 Å². The molecule has 0 bridgehead atoms. The molecule has 396 valence electrons. The van der Waals surface area contributed by atoms with E-state index >= 15 is 0 Å². The number of benzene rings is 2. The monoisotopic (exact) mass is 1080 g/mol. The summed E-state index contributed by atoms with van der Waals surface area (Å²) in [4.78, 5) is 45.5. The van der Waals surface area contributed by atoms with E-state index in [1.54, 1.807) is 6.07 Å². The van der Waals surface area contributed by atoms with Gasteiger partial charge in [0, 0.05) is 125 Å². The first-order chi connectivity index (χ1) is 32.3. The molecular weight excluding hydrogens is 1030 g/mol. The average Bonchev–Trinajstić information content (AvgIpc) is 3.98. The van der Waals surface area contributed by atoms with Crippen molar-refractivity contribution in [2.24, 2.45) is 0 Å². The topological polar surface area (TPSA) is 98.3 Å². The second-order valence-corrected chi connectivity index (χ2v) is 18.8. The van der Waals surface area contributed by atoms with Crippen molar-refractivity contribution in [3.8, 4) is 0 Å². The first-order valence-corrected chi connectivity index (χ1v) is 23.0. The molecule has 4 heterocycles. The molecule has 4 fully saturated rings. The molecule has 27 heteroatoms. The number of nitrogens with zero attached hydrogens (tertiary/aromatic N) is 6. The Morgan fingerprint density at radius 3 is 1.14 bits per heavy atom. The molecule has 4 aliphatic rings. The lowest BCUT2D eigenvalue weighted by molar-refractivity contribution is -0.308. The summed E-state index contributed by atoms with van der Waals surface area (Å²) in [6.45, 7) is 14.9. The third-order valence-electron chi connectivity index (χ3n) is 11.0. The van der Waals surface area contributed by atoms with Gasteiger partial charge in [0.2, 0.25) is 0 Å². The maximum atomic E-state index is 12.6. The number of piperazine rings is 2. The minimum atomic E-state index is -5.73. The number of hydrogen-bond acceptors (Lipinski definition) is 10. The first kappa shape index (κ1) is 58.6. The van der Waals surface area contributed by atoms with Crippen LogP contribution >= 0.6 is 34.8 Å². The molecule has 4 aliphatic heterocycles. The Kier molecular flexibility index (Phi) is 20.6. The van der Waals surface area contributed by atoms with Crippen molar-refractivity contribution >= 4 is 63.8 Å². The summed E-state index contributed by atoms with van der Waals surface area (Å²) in [5, 5.41) is 1.41. The predicted octanol–water partition coefficient (Wildman–Crippen LogP) is 11.5. The summed E-state index contributed by atoms with van der Waals surface area (Å²) in [7, 11) is 0. The lowest BCUT2D eigenvalue weighted by atomic mass is 10.1. The number of carbonyl (C=O) groups excluding carboxylic acids is 3. The van der Waals surface area contributed by atoms with Crippen molar-refractivity contribution in [2.45, 2.75) is 102 Å². The van der Waals surface area contributed by atoms with Crippen LogP contribution in [-0.2, 0) is 27.3 Å². The van der Waals surface area contributed by atoms with Gasteiger partial charge in [0.1, 0.15) is 5.60 Å². The zero-order valence-corrected chi connectivity index (χ0v) is 40.4. The Hall–Kier alpha value is -4.00. The fourth-order valence-electron chi connectivity index (χ4n) is 7.74. The minimum absolute atomic E-state index is 0.0338. The summed E-state index contributed by atoms with van der Waals surface area (Å²) in [5.74, 6) is 0. The van der Waals surface area contributed by atoms with Crippen LogP contribution in [0.5, 0.6) is 0 Å². The maximum Gasteiger partial charge on any atom is 0.434 e. The zero-order valence-electron chi connectivity index (χ0n) is 38.1. The molecule has 0 aliphatic carbocycles. The second-order valence-electron chi connectivity index (χ2n) is 17.6. The van der Waals surface area contributed by atoms with Gasteiger partial charge >= 0.3 is 42.3 Å². The molecule has 0 unspecified atom stereocenters. The molecule has 0 spiro atoms. The van der Waals surface area contributed by atoms with Gasteiger partial charge in [-0.05, 0) is 81.8 Å². The number of halogens is 15. The molecule has 0 aromatic heterocycles. The van der Waals surface area contributed by atoms with Crippen molar-refractivity contribution in [2.75, 3.05) is 88.3 Å². The molecule has 12 nitrogen and oxygen atoms in total. The molecular formula is C43H53Cl3F12N6O6. The lowest BCUT2D eigenvalue weighted by Gasteiger charge is -2.36. The van der Waals surface area contributed by atoms with E-state index in [0.717, 1.165) is 79.8 Å². The summed E-state index contributed by atoms with van der Waals surface area (Å²) >= 11 is 16.6. The van der Waals surface area contributed by atoms with Crippen LogP contribution in [0.3, 0.4) is 0 Å². The fraction of sp³-hybridized carbons (Fsp3) is 0.651. The number of rotatable bonds is 8. The molecule has 0 N–H and O–H groups in total. The van der Waals surface area contributed by atoms with Crippen LogP contribution in [0.25, 0.3) is 0 Å². The summed E-state index contributed by atoms with van der Waals surface area (Å²) in [6.07, 6.45) is -28.4. The zero-order chi connectivity index (χ0) is 52.4. The Morgan fingerprint density at radius 1 is 0.514 bits per heavy atom. The summed E-state index contributed by atoms with van der Waals surface area (Å²) in [6, 6.07) is 11.8. The standard InChI is InChI=1S/C20H30ClN3O2.C19H22ClF6N3O2.C4HClF6O2/c1-20(2,3)26-19(25)24-12-10-22(11-13-24)15-16-6-7-17(21)14-18(16)23-8-4-5-9-23;20-14-4-3-13(15(11-14)28-5-1-2-6-28)12-27-7-9-29(10-8-27)17(30)31-16(18(21,22)23)19(24,25)26;5-2(12)13-1(3(6,7)8)4(9,10)11/h6-7,14H,4-5,8-13,15H2,1-3H3;3-4,11,16H,1-2,5-10,12H2;1H. The number of ether oxygens (including phenoxy) is 3. The van der Waals surface area contributed by atoms with Crippen LogP contribution in [0.2, 0.25) is 10.0 Å². The van der Waals surface area contributed by atoms with Gasteiger partial charge < -0.3 is 33.8 Å². The van der Waals surface area contributed by atoms with Gasteiger partial charge in [-0.1, -0.05) is 35.3 Å². The van der Waals surface area contributed by atoms with Crippen LogP contribution in [-0.4, -0.2) is 158 Å². The van der Waals surface area contributed by atoms with E-state index in [4.69, 9.17) is 27.9 Å². The van der Waals surface area contributed by atoms with Gasteiger partial charge in [-0.3, -0.25) is 9.80 Å². The quantitative estimate of drug-likeness (QED) is 0.144. The molecule has 2 aromatic carbocycles. The van der Waals surface area contributed by atoms with E-state index in [-0.39, 0.29) is 19.2 Å². The van der Waals surface area contributed by atoms with Crippen LogP contribution in [0.1, 0.15) is 57.6 Å². The van der Waals surface area contributed by atoms with Gasteiger partial charge in [-0.2, -0.15) is 52.7 Å². The predicted molar refractivity (Wildman–Crippen MR) is 236 cm³/mol. The van der Waals surface area contributed by atoms with Crippen LogP contribution < -0.4 is 9.80 Å². The van der Waals surface area contributed by atoms with Crippen molar-refractivity contribution < 1.29 is 81.3 Å². The number of hydrogen-bond donors (Lipinski definition) is 0. The van der Waals surface area contributed by atoms with Crippen LogP contribution in [0, 0.1) is 0 Å². The molecule has 0 atom stereocenters. The van der Waals surface area contributed by atoms with Gasteiger partial charge in [-0.25, -0.2) is 14.4 Å². The van der Waals surface area contributed by atoms with E-state index < -0.39 is 54.0 Å². The van der Waals surface area contributed by atoms with Gasteiger partial charge in [0.25, 0.3) is 12.2 Å². The third kappa shape index (κ3) is 18.6. The molecule has 2 aromatic rings. The Bertz CT molecular complexity index is 2000. The molecule has 4 saturated heterocycles. The van der Waals surface area contributed by atoms with Gasteiger partial charge in [0.15, 0.2) is 0 Å². The Balaban J connectivity index is 0.000000247. The SMILES string of the molecule is CC(C)(C)OC(=O)N1CCN(Cc2ccc(Cl)cc2N2CCCC2)CC1.O=C(Cl)OC(C(F)(F)F)C(F)(F)F.O=C(OC(C(F)(F)F)C(F)(F)F)N1CCN(Cc2ccc(Cl)cc2N2CCCC2)CC1. The van der Waals surface area contributed by atoms with E-state index in [1.807, 2.05) is 48.8 Å². The molecule has 2 amide bonds. The van der Waals surface area contributed by atoms with E-state index in [0.29, 0.717) is 37.7 Å². The van der Waals surface area contributed by atoms with E-state index in [2.05, 4.69) is 47.9 Å². The number of anilines is 2. The molecule has 70 heavy (non-hydrogen) atoms. The highest BCUT2D eigenvalue weighted by atomic mass is 35.5. The molecule has 0 radical (unpaired) electrons. The first-order valence-electron chi connectivity index (χ1n) is 21.9. The van der Waals surface area contributed by atoms with Crippen LogP contribution in [0.15, 0.2) is 36.4 Å².